The Morgan fingerprint density at radius 2 is 2.05 bits per heavy atom. The van der Waals surface area contributed by atoms with Crippen LogP contribution in [0.25, 0.3) is 0 Å². The molecule has 0 aliphatic carbocycles. The van der Waals surface area contributed by atoms with E-state index in [1.165, 1.54) is 6.20 Å². The molecule has 1 heterocycles. The molecule has 1 amide bonds. The Morgan fingerprint density at radius 3 is 2.77 bits per heavy atom. The number of amides is 1. The van der Waals surface area contributed by atoms with Gasteiger partial charge in [-0.2, -0.15) is 0 Å². The van der Waals surface area contributed by atoms with E-state index < -0.39 is 0 Å². The van der Waals surface area contributed by atoms with Gasteiger partial charge in [0.05, 0.1) is 31.0 Å². The molecule has 2 N–H and O–H groups in total. The SMILES string of the molecule is CC(C)Oc1ccccc1CC(=O)Nc1cnccc1CO. The fourth-order valence-electron chi connectivity index (χ4n) is 2.06. The van der Waals surface area contributed by atoms with E-state index in [1.54, 1.807) is 12.3 Å². The molecule has 0 radical (unpaired) electrons. The van der Waals surface area contributed by atoms with E-state index in [0.717, 1.165) is 5.56 Å². The van der Waals surface area contributed by atoms with Gasteiger partial charge in [0.1, 0.15) is 5.75 Å². The van der Waals surface area contributed by atoms with Gasteiger partial charge in [0.15, 0.2) is 0 Å². The van der Waals surface area contributed by atoms with Crippen LogP contribution in [-0.4, -0.2) is 22.1 Å². The minimum Gasteiger partial charge on any atom is -0.491 e. The smallest absolute Gasteiger partial charge is 0.228 e. The second-order valence-corrected chi connectivity index (χ2v) is 5.19. The summed E-state index contributed by atoms with van der Waals surface area (Å²) in [5.74, 6) is 0.531. The summed E-state index contributed by atoms with van der Waals surface area (Å²) in [4.78, 5) is 16.2. The van der Waals surface area contributed by atoms with Crippen molar-refractivity contribution >= 4 is 11.6 Å². The van der Waals surface area contributed by atoms with Crippen LogP contribution in [0.2, 0.25) is 0 Å². The van der Waals surface area contributed by atoms with Crippen LogP contribution in [-0.2, 0) is 17.8 Å². The van der Waals surface area contributed by atoms with Crippen molar-refractivity contribution in [2.45, 2.75) is 33.0 Å². The maximum absolute atomic E-state index is 12.2. The fourth-order valence-corrected chi connectivity index (χ4v) is 2.06. The van der Waals surface area contributed by atoms with Gasteiger partial charge in [0, 0.05) is 17.3 Å². The molecule has 5 heteroatoms. The lowest BCUT2D eigenvalue weighted by Crippen LogP contribution is -2.17. The van der Waals surface area contributed by atoms with E-state index in [0.29, 0.717) is 17.0 Å². The molecule has 2 aromatic rings. The molecule has 0 spiro atoms. The van der Waals surface area contributed by atoms with Crippen LogP contribution < -0.4 is 10.1 Å². The minimum absolute atomic E-state index is 0.0449. The zero-order chi connectivity index (χ0) is 15.9. The molecule has 1 aromatic carbocycles. The highest BCUT2D eigenvalue weighted by atomic mass is 16.5. The highest BCUT2D eigenvalue weighted by Gasteiger charge is 2.11. The number of carbonyl (C=O) groups excluding carboxylic acids is 1. The number of anilines is 1. The molecule has 0 aliphatic heterocycles. The minimum atomic E-state index is -0.178. The number of aliphatic hydroxyl groups is 1. The second kappa shape index (κ2) is 7.56. The van der Waals surface area contributed by atoms with Crippen LogP contribution in [0.5, 0.6) is 5.75 Å². The van der Waals surface area contributed by atoms with E-state index in [4.69, 9.17) is 4.74 Å². The monoisotopic (exact) mass is 300 g/mol. The number of benzene rings is 1. The molecule has 0 saturated carbocycles. The molecule has 0 bridgehead atoms. The Kier molecular flexibility index (Phi) is 5.49. The number of pyridine rings is 1. The number of ether oxygens (including phenoxy) is 1. The zero-order valence-electron chi connectivity index (χ0n) is 12.7. The number of rotatable bonds is 6. The molecule has 5 nitrogen and oxygen atoms in total. The van der Waals surface area contributed by atoms with E-state index >= 15 is 0 Å². The predicted octanol–water partition coefficient (Wildman–Crippen LogP) is 2.54. The first kappa shape index (κ1) is 16.0. The second-order valence-electron chi connectivity index (χ2n) is 5.19. The van der Waals surface area contributed by atoms with E-state index in [1.807, 2.05) is 38.1 Å². The van der Waals surface area contributed by atoms with Gasteiger partial charge >= 0.3 is 0 Å². The Hall–Kier alpha value is -2.40. The van der Waals surface area contributed by atoms with Crippen LogP contribution >= 0.6 is 0 Å². The molecule has 1 aromatic heterocycles. The highest BCUT2D eigenvalue weighted by molar-refractivity contribution is 5.93. The Morgan fingerprint density at radius 1 is 1.27 bits per heavy atom. The topological polar surface area (TPSA) is 71.5 Å². The van der Waals surface area contributed by atoms with Crippen molar-refractivity contribution in [3.8, 4) is 5.75 Å². The van der Waals surface area contributed by atoms with Crippen molar-refractivity contribution in [1.82, 2.24) is 4.98 Å². The first-order valence-electron chi connectivity index (χ1n) is 7.18. The van der Waals surface area contributed by atoms with E-state index in [2.05, 4.69) is 10.3 Å². The third-order valence-corrected chi connectivity index (χ3v) is 3.04. The number of carbonyl (C=O) groups is 1. The predicted molar refractivity (Wildman–Crippen MR) is 84.7 cm³/mol. The third-order valence-electron chi connectivity index (χ3n) is 3.04. The summed E-state index contributed by atoms with van der Waals surface area (Å²) < 4.78 is 5.71. The summed E-state index contributed by atoms with van der Waals surface area (Å²) in [6, 6.07) is 9.15. The lowest BCUT2D eigenvalue weighted by molar-refractivity contribution is -0.115. The van der Waals surface area contributed by atoms with Gasteiger partial charge in [-0.25, -0.2) is 0 Å². The molecule has 22 heavy (non-hydrogen) atoms. The van der Waals surface area contributed by atoms with Gasteiger partial charge in [0.25, 0.3) is 0 Å². The number of hydrogen-bond donors (Lipinski definition) is 2. The molecule has 0 aliphatic rings. The molecule has 116 valence electrons. The van der Waals surface area contributed by atoms with Crippen molar-refractivity contribution in [1.29, 1.82) is 0 Å². The van der Waals surface area contributed by atoms with E-state index in [-0.39, 0.29) is 25.0 Å². The number of nitrogens with one attached hydrogen (secondary N) is 1. The number of aromatic nitrogens is 1. The average Bonchev–Trinajstić information content (AvgIpc) is 2.49. The molecule has 2 rings (SSSR count). The van der Waals surface area contributed by atoms with Crippen LogP contribution in [0.15, 0.2) is 42.7 Å². The number of para-hydroxylation sites is 1. The van der Waals surface area contributed by atoms with Crippen LogP contribution in [0.1, 0.15) is 25.0 Å². The summed E-state index contributed by atoms with van der Waals surface area (Å²) in [6.07, 6.45) is 3.35. The summed E-state index contributed by atoms with van der Waals surface area (Å²) in [7, 11) is 0. The van der Waals surface area contributed by atoms with Crippen molar-refractivity contribution in [2.75, 3.05) is 5.32 Å². The third kappa shape index (κ3) is 4.30. The molecular weight excluding hydrogens is 280 g/mol. The Bertz CT molecular complexity index is 641. The number of aliphatic hydroxyl groups excluding tert-OH is 1. The first-order chi connectivity index (χ1) is 10.6. The summed E-state index contributed by atoms with van der Waals surface area (Å²) in [5, 5.41) is 12.0. The molecule has 0 fully saturated rings. The fraction of sp³-hybridized carbons (Fsp3) is 0.294. The van der Waals surface area contributed by atoms with Gasteiger partial charge in [-0.15, -0.1) is 0 Å². The van der Waals surface area contributed by atoms with Crippen LogP contribution in [0.4, 0.5) is 5.69 Å². The maximum Gasteiger partial charge on any atom is 0.228 e. The first-order valence-corrected chi connectivity index (χ1v) is 7.18. The number of hydrogen-bond acceptors (Lipinski definition) is 4. The standard InChI is InChI=1S/C17H20N2O3/c1-12(2)22-16-6-4-3-5-13(16)9-17(21)19-15-10-18-8-7-14(15)11-20/h3-8,10,12,20H,9,11H2,1-2H3,(H,19,21). The lowest BCUT2D eigenvalue weighted by Gasteiger charge is -2.14. The highest BCUT2D eigenvalue weighted by Crippen LogP contribution is 2.21. The van der Waals surface area contributed by atoms with Crippen LogP contribution in [0.3, 0.4) is 0 Å². The van der Waals surface area contributed by atoms with Crippen molar-refractivity contribution in [3.05, 3.63) is 53.9 Å². The Balaban J connectivity index is 2.09. The van der Waals surface area contributed by atoms with Crippen molar-refractivity contribution in [3.63, 3.8) is 0 Å². The molecular formula is C17H20N2O3. The Labute approximate surface area is 130 Å². The zero-order valence-corrected chi connectivity index (χ0v) is 12.7. The molecule has 0 unspecified atom stereocenters. The van der Waals surface area contributed by atoms with Crippen molar-refractivity contribution in [2.24, 2.45) is 0 Å². The summed E-state index contributed by atoms with van der Waals surface area (Å²) >= 11 is 0. The summed E-state index contributed by atoms with van der Waals surface area (Å²) in [5.41, 5.74) is 1.98. The van der Waals surface area contributed by atoms with Gasteiger partial charge in [0.2, 0.25) is 5.91 Å². The lowest BCUT2D eigenvalue weighted by atomic mass is 10.1. The normalized spacial score (nSPS) is 10.5. The van der Waals surface area contributed by atoms with Gasteiger partial charge < -0.3 is 15.2 Å². The van der Waals surface area contributed by atoms with Crippen LogP contribution in [0, 0.1) is 0 Å². The van der Waals surface area contributed by atoms with Gasteiger partial charge in [-0.05, 0) is 26.0 Å². The molecule has 0 atom stereocenters. The largest absolute Gasteiger partial charge is 0.491 e. The number of nitrogens with zero attached hydrogens (tertiary/aromatic N) is 1. The molecule has 0 saturated heterocycles. The van der Waals surface area contributed by atoms with Gasteiger partial charge in [-0.3, -0.25) is 9.78 Å². The maximum atomic E-state index is 12.2. The average molecular weight is 300 g/mol. The summed E-state index contributed by atoms with van der Waals surface area (Å²) in [6.45, 7) is 3.74. The van der Waals surface area contributed by atoms with Crippen molar-refractivity contribution < 1.29 is 14.6 Å². The van der Waals surface area contributed by atoms with Gasteiger partial charge in [-0.1, -0.05) is 18.2 Å². The quantitative estimate of drug-likeness (QED) is 0.860. The van der Waals surface area contributed by atoms with E-state index in [9.17, 15) is 9.90 Å².